The predicted molar refractivity (Wildman–Crippen MR) is 96.1 cm³/mol. The van der Waals surface area contributed by atoms with Gasteiger partial charge in [0, 0.05) is 6.20 Å². The van der Waals surface area contributed by atoms with Crippen molar-refractivity contribution in [2.24, 2.45) is 5.10 Å². The van der Waals surface area contributed by atoms with Gasteiger partial charge in [-0.1, -0.05) is 0 Å². The van der Waals surface area contributed by atoms with Crippen LogP contribution in [0.15, 0.2) is 35.6 Å². The van der Waals surface area contributed by atoms with Crippen LogP contribution >= 0.6 is 0 Å². The zero-order valence-electron chi connectivity index (χ0n) is 14.8. The average molecular weight is 342 g/mol. The molecule has 0 aliphatic carbocycles. The Bertz CT molecular complexity index is 742. The largest absolute Gasteiger partial charge is 0.491 e. The van der Waals surface area contributed by atoms with Crippen molar-refractivity contribution in [1.29, 1.82) is 0 Å². The smallest absolute Gasteiger partial charge is 0.341 e. The maximum Gasteiger partial charge on any atom is 0.341 e. The van der Waals surface area contributed by atoms with Gasteiger partial charge < -0.3 is 9.47 Å². The van der Waals surface area contributed by atoms with Crippen LogP contribution in [0.25, 0.3) is 0 Å². The number of esters is 1. The van der Waals surface area contributed by atoms with Crippen molar-refractivity contribution in [3.8, 4) is 5.75 Å². The van der Waals surface area contributed by atoms with Crippen LogP contribution in [0.1, 0.15) is 42.4 Å². The summed E-state index contributed by atoms with van der Waals surface area (Å²) in [5, 5.41) is 4.10. The molecule has 2 rings (SSSR count). The number of hydrogen-bond acceptors (Lipinski definition) is 7. The van der Waals surface area contributed by atoms with E-state index in [0.717, 1.165) is 11.3 Å². The summed E-state index contributed by atoms with van der Waals surface area (Å²) in [4.78, 5) is 20.0. The minimum atomic E-state index is -0.432. The second kappa shape index (κ2) is 8.77. The van der Waals surface area contributed by atoms with E-state index in [-0.39, 0.29) is 6.10 Å². The molecule has 0 saturated heterocycles. The normalized spacial score (nSPS) is 10.9. The number of aryl methyl sites for hydroxylation is 1. The first-order chi connectivity index (χ1) is 12.0. The number of carbonyl (C=O) groups excluding carboxylic acids is 1. The molecule has 0 saturated carbocycles. The maximum atomic E-state index is 11.7. The Labute approximate surface area is 147 Å². The van der Waals surface area contributed by atoms with Crippen LogP contribution in [-0.4, -0.2) is 34.9 Å². The van der Waals surface area contributed by atoms with Crippen molar-refractivity contribution in [1.82, 2.24) is 9.97 Å². The summed E-state index contributed by atoms with van der Waals surface area (Å²) >= 11 is 0. The van der Waals surface area contributed by atoms with Gasteiger partial charge in [0.2, 0.25) is 5.95 Å². The van der Waals surface area contributed by atoms with Gasteiger partial charge in [0.1, 0.15) is 5.75 Å². The lowest BCUT2D eigenvalue weighted by Crippen LogP contribution is -2.10. The van der Waals surface area contributed by atoms with Crippen LogP contribution in [0.3, 0.4) is 0 Å². The fraction of sp³-hybridized carbons (Fsp3) is 0.333. The van der Waals surface area contributed by atoms with Crippen molar-refractivity contribution < 1.29 is 14.3 Å². The van der Waals surface area contributed by atoms with Gasteiger partial charge in [-0.2, -0.15) is 5.10 Å². The van der Waals surface area contributed by atoms with Crippen LogP contribution in [0.2, 0.25) is 0 Å². The van der Waals surface area contributed by atoms with E-state index in [0.29, 0.717) is 23.8 Å². The summed E-state index contributed by atoms with van der Waals surface area (Å²) in [6.07, 6.45) is 3.21. The molecule has 1 N–H and O–H groups in total. The van der Waals surface area contributed by atoms with Crippen molar-refractivity contribution in [2.45, 2.75) is 33.8 Å². The lowest BCUT2D eigenvalue weighted by Gasteiger charge is -2.09. The van der Waals surface area contributed by atoms with E-state index in [9.17, 15) is 4.79 Å². The van der Waals surface area contributed by atoms with Crippen molar-refractivity contribution in [3.63, 3.8) is 0 Å². The molecule has 7 heteroatoms. The predicted octanol–water partition coefficient (Wildman–Crippen LogP) is 3.19. The molecule has 0 bridgehead atoms. The highest BCUT2D eigenvalue weighted by molar-refractivity contribution is 5.90. The van der Waals surface area contributed by atoms with Crippen LogP contribution < -0.4 is 10.2 Å². The number of anilines is 1. The molecule has 0 amide bonds. The van der Waals surface area contributed by atoms with Crippen LogP contribution in [-0.2, 0) is 4.74 Å². The van der Waals surface area contributed by atoms with Gasteiger partial charge in [0.15, 0.2) is 0 Å². The van der Waals surface area contributed by atoms with Gasteiger partial charge in [-0.25, -0.2) is 20.2 Å². The molecule has 0 atom stereocenters. The van der Waals surface area contributed by atoms with Gasteiger partial charge >= 0.3 is 5.97 Å². The number of hydrogen-bond donors (Lipinski definition) is 1. The maximum absolute atomic E-state index is 11.7. The van der Waals surface area contributed by atoms with Crippen LogP contribution in [0.5, 0.6) is 5.75 Å². The zero-order chi connectivity index (χ0) is 18.2. The number of ether oxygens (including phenoxy) is 2. The summed E-state index contributed by atoms with van der Waals surface area (Å²) in [6.45, 7) is 7.74. The number of carbonyl (C=O) groups is 1. The van der Waals surface area contributed by atoms with Crippen molar-refractivity contribution in [3.05, 3.63) is 47.3 Å². The van der Waals surface area contributed by atoms with Gasteiger partial charge in [-0.15, -0.1) is 0 Å². The van der Waals surface area contributed by atoms with Crippen LogP contribution in [0.4, 0.5) is 5.95 Å². The summed E-state index contributed by atoms with van der Waals surface area (Å²) in [7, 11) is 0. The highest BCUT2D eigenvalue weighted by atomic mass is 16.5. The molecule has 25 heavy (non-hydrogen) atoms. The Kier molecular flexibility index (Phi) is 6.45. The molecular weight excluding hydrogens is 320 g/mol. The molecule has 0 unspecified atom stereocenters. The number of rotatable bonds is 7. The highest BCUT2D eigenvalue weighted by Crippen LogP contribution is 2.13. The van der Waals surface area contributed by atoms with E-state index in [2.05, 4.69) is 20.5 Å². The van der Waals surface area contributed by atoms with Gasteiger partial charge in [-0.3, -0.25) is 0 Å². The Hall–Kier alpha value is -2.96. The number of benzene rings is 1. The highest BCUT2D eigenvalue weighted by Gasteiger charge is 2.12. The number of nitrogens with zero attached hydrogens (tertiary/aromatic N) is 3. The molecule has 2 aromatic rings. The molecule has 1 heterocycles. The Morgan fingerprint density at radius 2 is 2.04 bits per heavy atom. The zero-order valence-corrected chi connectivity index (χ0v) is 14.8. The Balaban J connectivity index is 1.97. The van der Waals surface area contributed by atoms with Crippen LogP contribution in [0, 0.1) is 6.92 Å². The molecule has 0 aliphatic rings. The van der Waals surface area contributed by atoms with E-state index < -0.39 is 5.97 Å². The average Bonchev–Trinajstić information content (AvgIpc) is 2.56. The van der Waals surface area contributed by atoms with Gasteiger partial charge in [0.05, 0.1) is 30.2 Å². The summed E-state index contributed by atoms with van der Waals surface area (Å²) < 4.78 is 10.5. The minimum absolute atomic E-state index is 0.138. The van der Waals surface area contributed by atoms with Crippen molar-refractivity contribution in [2.75, 3.05) is 12.0 Å². The molecule has 1 aromatic heterocycles. The van der Waals surface area contributed by atoms with E-state index in [1.807, 2.05) is 38.1 Å². The molecule has 7 nitrogen and oxygen atoms in total. The first-order valence-electron chi connectivity index (χ1n) is 8.06. The molecule has 0 spiro atoms. The third-order valence-electron chi connectivity index (χ3n) is 3.10. The molecular formula is C18H22N4O3. The minimum Gasteiger partial charge on any atom is -0.491 e. The summed E-state index contributed by atoms with van der Waals surface area (Å²) in [6, 6.07) is 7.57. The number of hydrazone groups is 1. The summed E-state index contributed by atoms with van der Waals surface area (Å²) in [5.41, 5.74) is 4.52. The SMILES string of the molecule is CCOC(=O)c1cnc(N/N=C\c2ccc(OC(C)C)cc2)nc1C. The lowest BCUT2D eigenvalue weighted by molar-refractivity contribution is 0.0524. The standard InChI is InChI=1S/C18H22N4O3/c1-5-24-17(23)16-11-19-18(21-13(16)4)22-20-10-14-6-8-15(9-7-14)25-12(2)3/h6-12H,5H2,1-4H3,(H,19,21,22)/b20-10-. The Morgan fingerprint density at radius 3 is 2.64 bits per heavy atom. The first kappa shape index (κ1) is 18.4. The third kappa shape index (κ3) is 5.56. The second-order valence-corrected chi connectivity index (χ2v) is 5.52. The number of aromatic nitrogens is 2. The molecule has 0 aliphatic heterocycles. The fourth-order valence-corrected chi connectivity index (χ4v) is 2.00. The summed E-state index contributed by atoms with van der Waals surface area (Å²) in [5.74, 6) is 0.689. The second-order valence-electron chi connectivity index (χ2n) is 5.52. The number of nitrogens with one attached hydrogen (secondary N) is 1. The molecule has 132 valence electrons. The quantitative estimate of drug-likeness (QED) is 0.472. The van der Waals surface area contributed by atoms with E-state index in [4.69, 9.17) is 9.47 Å². The Morgan fingerprint density at radius 1 is 1.32 bits per heavy atom. The van der Waals surface area contributed by atoms with Crippen molar-refractivity contribution >= 4 is 18.1 Å². The van der Waals surface area contributed by atoms with E-state index in [1.54, 1.807) is 20.1 Å². The van der Waals surface area contributed by atoms with E-state index >= 15 is 0 Å². The first-order valence-corrected chi connectivity index (χ1v) is 8.06. The molecule has 0 radical (unpaired) electrons. The van der Waals surface area contributed by atoms with E-state index in [1.165, 1.54) is 6.20 Å². The van der Waals surface area contributed by atoms with Gasteiger partial charge in [0.25, 0.3) is 0 Å². The van der Waals surface area contributed by atoms with Gasteiger partial charge in [-0.05, 0) is 57.5 Å². The topological polar surface area (TPSA) is 85.7 Å². The third-order valence-corrected chi connectivity index (χ3v) is 3.10. The monoisotopic (exact) mass is 342 g/mol. The fourth-order valence-electron chi connectivity index (χ4n) is 2.00. The molecule has 0 fully saturated rings. The lowest BCUT2D eigenvalue weighted by atomic mass is 10.2. The molecule has 1 aromatic carbocycles.